The molecule has 0 N–H and O–H groups in total. The summed E-state index contributed by atoms with van der Waals surface area (Å²) in [5, 5.41) is 0.880. The van der Waals surface area contributed by atoms with Crippen molar-refractivity contribution in [3.05, 3.63) is 58.3 Å². The van der Waals surface area contributed by atoms with Gasteiger partial charge < -0.3 is 0 Å². The fourth-order valence-corrected chi connectivity index (χ4v) is 1.81. The molecule has 0 saturated heterocycles. The predicted molar refractivity (Wildman–Crippen MR) is 60.7 cm³/mol. The fourth-order valence-electron chi connectivity index (χ4n) is 1.31. The van der Waals surface area contributed by atoms with E-state index in [1.54, 1.807) is 24.3 Å². The van der Waals surface area contributed by atoms with Crippen molar-refractivity contribution in [3.8, 4) is 11.1 Å². The van der Waals surface area contributed by atoms with Gasteiger partial charge in [-0.3, -0.25) is 0 Å². The van der Waals surface area contributed by atoms with Crippen molar-refractivity contribution >= 4 is 23.2 Å². The minimum absolute atomic E-state index is 0.333. The third-order valence-electron chi connectivity index (χ3n) is 2.01. The first-order valence-corrected chi connectivity index (χ1v) is 5.05. The Labute approximate surface area is 97.3 Å². The lowest BCUT2D eigenvalue weighted by Crippen LogP contribution is -1.83. The van der Waals surface area contributed by atoms with E-state index in [2.05, 4.69) is 6.07 Å². The number of rotatable bonds is 1. The highest BCUT2D eigenvalue weighted by atomic mass is 35.5. The van der Waals surface area contributed by atoms with Crippen LogP contribution in [0.2, 0.25) is 10.0 Å². The van der Waals surface area contributed by atoms with Crippen LogP contribution < -0.4 is 0 Å². The molecule has 2 aromatic rings. The molecule has 0 nitrogen and oxygen atoms in total. The Morgan fingerprint density at radius 2 is 1.87 bits per heavy atom. The zero-order valence-corrected chi connectivity index (χ0v) is 9.11. The van der Waals surface area contributed by atoms with Gasteiger partial charge in [0.25, 0.3) is 0 Å². The van der Waals surface area contributed by atoms with Gasteiger partial charge in [0.15, 0.2) is 0 Å². The van der Waals surface area contributed by atoms with Crippen LogP contribution >= 0.6 is 23.2 Å². The van der Waals surface area contributed by atoms with E-state index in [0.717, 1.165) is 0 Å². The van der Waals surface area contributed by atoms with Crippen molar-refractivity contribution in [1.82, 2.24) is 0 Å². The van der Waals surface area contributed by atoms with Crippen molar-refractivity contribution in [2.75, 3.05) is 0 Å². The minimum atomic E-state index is -0.365. The van der Waals surface area contributed by atoms with E-state index in [1.165, 1.54) is 12.1 Å². The molecular weight excluding hydrogens is 234 g/mol. The van der Waals surface area contributed by atoms with E-state index < -0.39 is 0 Å². The number of hydrogen-bond acceptors (Lipinski definition) is 0. The first-order valence-electron chi connectivity index (χ1n) is 4.30. The summed E-state index contributed by atoms with van der Waals surface area (Å²) in [4.78, 5) is 0. The molecule has 0 saturated carbocycles. The lowest BCUT2D eigenvalue weighted by atomic mass is 10.1. The molecule has 0 aliphatic heterocycles. The summed E-state index contributed by atoms with van der Waals surface area (Å²) in [6, 6.07) is 12.4. The van der Waals surface area contributed by atoms with Crippen molar-refractivity contribution in [2.24, 2.45) is 0 Å². The van der Waals surface area contributed by atoms with Gasteiger partial charge in [0, 0.05) is 16.1 Å². The van der Waals surface area contributed by atoms with E-state index in [9.17, 15) is 4.39 Å². The maximum atomic E-state index is 12.8. The monoisotopic (exact) mass is 239 g/mol. The van der Waals surface area contributed by atoms with Crippen molar-refractivity contribution < 1.29 is 4.39 Å². The highest BCUT2D eigenvalue weighted by Gasteiger charge is 2.07. The molecule has 2 aromatic carbocycles. The van der Waals surface area contributed by atoms with Crippen molar-refractivity contribution in [3.63, 3.8) is 0 Å². The number of hydrogen-bond donors (Lipinski definition) is 0. The zero-order valence-electron chi connectivity index (χ0n) is 7.60. The summed E-state index contributed by atoms with van der Waals surface area (Å²) in [5.74, 6) is -0.365. The molecule has 1 radical (unpaired) electrons. The van der Waals surface area contributed by atoms with E-state index in [4.69, 9.17) is 23.2 Å². The van der Waals surface area contributed by atoms with Gasteiger partial charge in [-0.15, -0.1) is 0 Å². The molecule has 0 amide bonds. The summed E-state index contributed by atoms with van der Waals surface area (Å²) in [5.41, 5.74) is 1.37. The summed E-state index contributed by atoms with van der Waals surface area (Å²) in [6.07, 6.45) is 0. The Kier molecular flexibility index (Phi) is 2.94. The minimum Gasteiger partial charge on any atom is -0.207 e. The summed E-state index contributed by atoms with van der Waals surface area (Å²) in [6.45, 7) is 0. The van der Waals surface area contributed by atoms with Gasteiger partial charge in [-0.25, -0.2) is 4.39 Å². The van der Waals surface area contributed by atoms with Crippen LogP contribution in [0.25, 0.3) is 11.1 Å². The molecule has 0 aliphatic rings. The first-order chi connectivity index (χ1) is 7.18. The molecule has 0 unspecified atom stereocenters. The standard InChI is InChI=1S/C12H6Cl2F/c13-11-4-2-1-3-9(11)10-6-5-8(15)7-12(10)14/h1-2,4-7H. The van der Waals surface area contributed by atoms with Crippen LogP contribution in [0.3, 0.4) is 0 Å². The average molecular weight is 240 g/mol. The number of benzene rings is 2. The molecule has 0 bridgehead atoms. The van der Waals surface area contributed by atoms with Crippen LogP contribution in [0.5, 0.6) is 0 Å². The lowest BCUT2D eigenvalue weighted by molar-refractivity contribution is 0.628. The number of halogens is 3. The summed E-state index contributed by atoms with van der Waals surface area (Å²) >= 11 is 11.9. The SMILES string of the molecule is Fc1ccc(-c2[c]cccc2Cl)c(Cl)c1. The van der Waals surface area contributed by atoms with E-state index >= 15 is 0 Å². The van der Waals surface area contributed by atoms with Gasteiger partial charge in [-0.1, -0.05) is 35.3 Å². The second-order valence-electron chi connectivity index (χ2n) is 3.02. The Morgan fingerprint density at radius 3 is 2.53 bits per heavy atom. The zero-order chi connectivity index (χ0) is 10.8. The van der Waals surface area contributed by atoms with Crippen LogP contribution in [0.4, 0.5) is 4.39 Å². The maximum Gasteiger partial charge on any atom is 0.124 e. The van der Waals surface area contributed by atoms with E-state index in [0.29, 0.717) is 21.2 Å². The molecule has 0 aromatic heterocycles. The Bertz CT molecular complexity index is 495. The molecule has 0 spiro atoms. The van der Waals surface area contributed by atoms with Crippen LogP contribution in [0, 0.1) is 11.9 Å². The van der Waals surface area contributed by atoms with Crippen molar-refractivity contribution in [2.45, 2.75) is 0 Å². The molecule has 3 heteroatoms. The second kappa shape index (κ2) is 4.21. The fraction of sp³-hybridized carbons (Fsp3) is 0. The average Bonchev–Trinajstić information content (AvgIpc) is 2.20. The maximum absolute atomic E-state index is 12.8. The molecule has 0 fully saturated rings. The van der Waals surface area contributed by atoms with Gasteiger partial charge >= 0.3 is 0 Å². The van der Waals surface area contributed by atoms with Crippen LogP contribution in [0.1, 0.15) is 0 Å². The van der Waals surface area contributed by atoms with Gasteiger partial charge in [0.1, 0.15) is 5.82 Å². The van der Waals surface area contributed by atoms with Gasteiger partial charge in [0.05, 0.1) is 5.02 Å². The molecule has 0 atom stereocenters. The normalized spacial score (nSPS) is 10.3. The molecule has 15 heavy (non-hydrogen) atoms. The largest absolute Gasteiger partial charge is 0.207 e. The van der Waals surface area contributed by atoms with Crippen LogP contribution in [-0.4, -0.2) is 0 Å². The highest BCUT2D eigenvalue weighted by Crippen LogP contribution is 2.32. The topological polar surface area (TPSA) is 0 Å². The van der Waals surface area contributed by atoms with Crippen LogP contribution in [-0.2, 0) is 0 Å². The Hall–Kier alpha value is -1.05. The van der Waals surface area contributed by atoms with Crippen molar-refractivity contribution in [1.29, 1.82) is 0 Å². The molecule has 75 valence electrons. The molecule has 0 aliphatic carbocycles. The Balaban J connectivity index is 2.60. The molecular formula is C12H6Cl2F. The molecule has 2 rings (SSSR count). The predicted octanol–water partition coefficient (Wildman–Crippen LogP) is 4.60. The third kappa shape index (κ3) is 2.14. The smallest absolute Gasteiger partial charge is 0.124 e. The summed E-state index contributed by atoms with van der Waals surface area (Å²) in [7, 11) is 0. The third-order valence-corrected chi connectivity index (χ3v) is 2.63. The lowest BCUT2D eigenvalue weighted by Gasteiger charge is -2.05. The first kappa shape index (κ1) is 10.5. The molecule has 0 heterocycles. The van der Waals surface area contributed by atoms with Gasteiger partial charge in [0.2, 0.25) is 0 Å². The van der Waals surface area contributed by atoms with E-state index in [1.807, 2.05) is 0 Å². The van der Waals surface area contributed by atoms with Crippen LogP contribution in [0.15, 0.2) is 36.4 Å². The summed E-state index contributed by atoms with van der Waals surface area (Å²) < 4.78 is 12.8. The van der Waals surface area contributed by atoms with Gasteiger partial charge in [-0.05, 0) is 30.3 Å². The second-order valence-corrected chi connectivity index (χ2v) is 3.83. The van der Waals surface area contributed by atoms with Gasteiger partial charge in [-0.2, -0.15) is 0 Å². The van der Waals surface area contributed by atoms with E-state index in [-0.39, 0.29) is 5.82 Å². The highest BCUT2D eigenvalue weighted by molar-refractivity contribution is 6.36. The quantitative estimate of drug-likeness (QED) is 0.683. The Morgan fingerprint density at radius 1 is 1.07 bits per heavy atom.